The Kier molecular flexibility index (Phi) is 19.3. The second kappa shape index (κ2) is 25.6. The molecule has 420 valence electrons. The van der Waals surface area contributed by atoms with Crippen molar-refractivity contribution in [1.82, 2.24) is 60.7 Å². The van der Waals surface area contributed by atoms with E-state index in [0.29, 0.717) is 90.6 Å². The van der Waals surface area contributed by atoms with Gasteiger partial charge in [-0.15, -0.1) is 5.10 Å². The number of sulfone groups is 1. The zero-order chi connectivity index (χ0) is 56.5. The highest BCUT2D eigenvalue weighted by Gasteiger charge is 2.45. The molecular formula is C54H71FN12O10S. The van der Waals surface area contributed by atoms with E-state index in [-0.39, 0.29) is 67.2 Å². The molecule has 0 saturated carbocycles. The zero-order valence-electron chi connectivity index (χ0n) is 45.4. The first-order chi connectivity index (χ1) is 37.2. The largest absolute Gasteiger partial charge is 0.458 e. The van der Waals surface area contributed by atoms with Crippen LogP contribution in [0.3, 0.4) is 0 Å². The Morgan fingerprint density at radius 2 is 1.67 bits per heavy atom. The summed E-state index contributed by atoms with van der Waals surface area (Å²) >= 11 is 0. The fraction of sp³-hybridized carbons (Fsp3) is 0.537. The van der Waals surface area contributed by atoms with Gasteiger partial charge in [0.05, 0.1) is 41.8 Å². The molecule has 0 aliphatic carbocycles. The monoisotopic (exact) mass is 1100 g/mol. The van der Waals surface area contributed by atoms with Gasteiger partial charge in [-0.2, -0.15) is 0 Å². The predicted molar refractivity (Wildman–Crippen MR) is 287 cm³/mol. The number of benzene rings is 1. The minimum Gasteiger partial charge on any atom is -0.458 e. The van der Waals surface area contributed by atoms with Crippen molar-refractivity contribution in [2.45, 2.75) is 148 Å². The molecule has 0 radical (unpaired) electrons. The number of rotatable bonds is 27. The van der Waals surface area contributed by atoms with Gasteiger partial charge in [-0.3, -0.25) is 28.7 Å². The number of esters is 1. The summed E-state index contributed by atoms with van der Waals surface area (Å²) in [5, 5.41) is 31.3. The maximum absolute atomic E-state index is 15.0. The summed E-state index contributed by atoms with van der Waals surface area (Å²) in [4.78, 5) is 95.6. The number of unbranched alkanes of at least 4 members (excludes halogenated alkanes) is 3. The fourth-order valence-electron chi connectivity index (χ4n) is 9.87. The highest BCUT2D eigenvalue weighted by molar-refractivity contribution is 7.90. The van der Waals surface area contributed by atoms with Crippen LogP contribution in [0.2, 0.25) is 0 Å². The lowest BCUT2D eigenvalue weighted by Crippen LogP contribution is -2.56. The van der Waals surface area contributed by atoms with Crippen molar-refractivity contribution < 1.29 is 46.6 Å². The van der Waals surface area contributed by atoms with Gasteiger partial charge in [0.2, 0.25) is 38.6 Å². The summed E-state index contributed by atoms with van der Waals surface area (Å²) in [6.45, 7) is 13.8. The van der Waals surface area contributed by atoms with E-state index >= 15 is 4.39 Å². The molecule has 2 aliphatic rings. The molecule has 5 N–H and O–H groups in total. The van der Waals surface area contributed by atoms with Crippen LogP contribution < -0.4 is 26.8 Å². The van der Waals surface area contributed by atoms with Crippen LogP contribution in [0.25, 0.3) is 33.5 Å². The molecule has 3 atom stereocenters. The van der Waals surface area contributed by atoms with Gasteiger partial charge in [0, 0.05) is 66.3 Å². The van der Waals surface area contributed by atoms with Gasteiger partial charge >= 0.3 is 5.97 Å². The van der Waals surface area contributed by atoms with Gasteiger partial charge in [-0.1, -0.05) is 46.3 Å². The van der Waals surface area contributed by atoms with Crippen LogP contribution in [-0.4, -0.2) is 134 Å². The van der Waals surface area contributed by atoms with Crippen LogP contribution in [0.1, 0.15) is 120 Å². The molecule has 7 rings (SSSR count). The topological polar surface area (TPSA) is 292 Å². The van der Waals surface area contributed by atoms with Gasteiger partial charge in [-0.25, -0.2) is 32.6 Å². The highest BCUT2D eigenvalue weighted by atomic mass is 32.2. The van der Waals surface area contributed by atoms with Crippen molar-refractivity contribution in [2.75, 3.05) is 39.0 Å². The van der Waals surface area contributed by atoms with Crippen LogP contribution in [0.15, 0.2) is 46.7 Å². The van der Waals surface area contributed by atoms with Gasteiger partial charge in [0.15, 0.2) is 5.60 Å². The Labute approximate surface area is 452 Å². The van der Waals surface area contributed by atoms with Crippen molar-refractivity contribution >= 4 is 50.3 Å². The third-order valence-corrected chi connectivity index (χ3v) is 15.4. The number of aryl methyl sites for hydroxylation is 3. The predicted octanol–water partition coefficient (Wildman–Crippen LogP) is 3.54. The van der Waals surface area contributed by atoms with E-state index in [1.54, 1.807) is 50.7 Å². The van der Waals surface area contributed by atoms with E-state index in [9.17, 15) is 42.3 Å². The first-order valence-corrected chi connectivity index (χ1v) is 28.6. The Bertz CT molecular complexity index is 3220. The second-order valence-electron chi connectivity index (χ2n) is 20.4. The molecule has 4 amide bonds. The third kappa shape index (κ3) is 13.6. The molecular weight excluding hydrogens is 1030 g/mol. The van der Waals surface area contributed by atoms with Gasteiger partial charge in [0.1, 0.15) is 30.2 Å². The number of aliphatic hydroxyl groups is 1. The van der Waals surface area contributed by atoms with Crippen LogP contribution in [0, 0.1) is 18.7 Å². The van der Waals surface area contributed by atoms with E-state index < -0.39 is 62.6 Å². The molecule has 0 saturated heterocycles. The number of hydrogen-bond donors (Lipinski definition) is 5. The number of nitrogens with one attached hydrogen (secondary N) is 4. The van der Waals surface area contributed by atoms with Gasteiger partial charge in [0.25, 0.3) is 5.56 Å². The third-order valence-electron chi connectivity index (χ3n) is 14.5. The molecule has 0 spiro atoms. The van der Waals surface area contributed by atoms with Crippen molar-refractivity contribution in [3.8, 4) is 22.6 Å². The number of halogens is 1. The average molecular weight is 1100 g/mol. The van der Waals surface area contributed by atoms with Crippen molar-refractivity contribution in [3.63, 3.8) is 0 Å². The number of hydrogen-bond acceptors (Lipinski definition) is 16. The number of carbonyl (C=O) groups excluding carboxylic acids is 5. The Morgan fingerprint density at radius 3 is 2.36 bits per heavy atom. The number of nitrogens with zero attached hydrogens (tertiary/aromatic N) is 8. The minimum atomic E-state index is -3.54. The Balaban J connectivity index is 0.924. The molecule has 5 aromatic rings. The first-order valence-electron chi connectivity index (χ1n) is 26.7. The molecule has 2 aliphatic heterocycles. The molecule has 22 nitrogen and oxygen atoms in total. The minimum absolute atomic E-state index is 0.0185. The number of ether oxygens (including phenoxy) is 1. The number of aromatic nitrogens is 7. The van der Waals surface area contributed by atoms with Crippen LogP contribution in [-0.2, 0) is 70.3 Å². The SMILES string of the molecule is CCN(CC)CCCC[C@H](NC(=O)[C@@H](NC(=O)CCCCCn1cc(-c2cnc(S(C)(=O)=O)nc2)nn1)C(C)C)C(=O)NCC(=O)NCCCc1c2c(nc3cc(F)c(C)cc13)-c1cc3c(c(=O)n1C2)COC(=O)[C@]3(O)CC. The number of pyridine rings is 2. The number of amides is 4. The van der Waals surface area contributed by atoms with Crippen LogP contribution >= 0.6 is 0 Å². The smallest absolute Gasteiger partial charge is 0.343 e. The van der Waals surface area contributed by atoms with E-state index in [1.165, 1.54) is 23.0 Å². The molecule has 4 aromatic heterocycles. The summed E-state index contributed by atoms with van der Waals surface area (Å²) < 4.78 is 46.8. The van der Waals surface area contributed by atoms with E-state index in [2.05, 4.69) is 60.3 Å². The molecule has 24 heteroatoms. The van der Waals surface area contributed by atoms with Gasteiger partial charge < -0.3 is 40.6 Å². The summed E-state index contributed by atoms with van der Waals surface area (Å²) in [6, 6.07) is 2.74. The molecule has 78 heavy (non-hydrogen) atoms. The molecule has 0 bridgehead atoms. The number of fused-ring (bicyclic) bond motifs is 5. The summed E-state index contributed by atoms with van der Waals surface area (Å²) in [5.41, 5.74) is 2.04. The Hall–Kier alpha value is -7.05. The highest BCUT2D eigenvalue weighted by Crippen LogP contribution is 2.41. The van der Waals surface area contributed by atoms with Crippen LogP contribution in [0.4, 0.5) is 4.39 Å². The molecule has 1 aromatic carbocycles. The van der Waals surface area contributed by atoms with Gasteiger partial charge in [-0.05, 0) is 107 Å². The summed E-state index contributed by atoms with van der Waals surface area (Å²) in [7, 11) is -3.54. The number of carbonyl (C=O) groups is 5. The lowest BCUT2D eigenvalue weighted by atomic mass is 9.86. The zero-order valence-corrected chi connectivity index (χ0v) is 46.2. The average Bonchev–Trinajstić information content (AvgIpc) is 4.19. The lowest BCUT2D eigenvalue weighted by Gasteiger charge is -2.31. The van der Waals surface area contributed by atoms with Crippen molar-refractivity contribution in [1.29, 1.82) is 0 Å². The maximum Gasteiger partial charge on any atom is 0.343 e. The van der Waals surface area contributed by atoms with Crippen molar-refractivity contribution in [2.24, 2.45) is 5.92 Å². The first kappa shape index (κ1) is 58.6. The maximum atomic E-state index is 15.0. The van der Waals surface area contributed by atoms with Crippen molar-refractivity contribution in [3.05, 3.63) is 80.8 Å². The normalized spacial score (nSPS) is 15.6. The Morgan fingerprint density at radius 1 is 0.923 bits per heavy atom. The molecule has 0 unspecified atom stereocenters. The van der Waals surface area contributed by atoms with E-state index in [1.807, 2.05) is 0 Å². The number of cyclic esters (lactones) is 1. The second-order valence-corrected chi connectivity index (χ2v) is 22.3. The van der Waals surface area contributed by atoms with Crippen LogP contribution in [0.5, 0.6) is 0 Å². The fourth-order valence-corrected chi connectivity index (χ4v) is 10.4. The summed E-state index contributed by atoms with van der Waals surface area (Å²) in [5.74, 6) is -3.45. The van der Waals surface area contributed by atoms with E-state index in [0.717, 1.165) is 43.4 Å². The molecule has 0 fully saturated rings. The summed E-state index contributed by atoms with van der Waals surface area (Å²) in [6.07, 6.45) is 10.0. The quantitative estimate of drug-likeness (QED) is 0.0280. The standard InChI is InChI=1S/C54H71FN12O10S/c1-8-54(74)39-24-44-48-37(29-67(44)51(72)38(39)31-77-52(54)73)35(36-23-33(6)40(55)25-42(36)60-48)17-16-20-56-46(69)28-57-49(70)41(18-13-15-21-65(9-2)10-3)61-50(71)47(32(4)5)62-45(68)19-12-11-14-22-66-30-43(63-64-66)34-26-58-53(59-27-34)78(7,75)76/h23-27,30,32,41,47,74H,8-22,28-29,31H2,1-7H3,(H,56,69)(H,57,70)(H,61,71)(H,62,68)/t41-,47-,54-/m0/s1. The van der Waals surface area contributed by atoms with E-state index in [4.69, 9.17) is 9.72 Å². The molecule has 6 heterocycles. The lowest BCUT2D eigenvalue weighted by molar-refractivity contribution is -0.172.